The van der Waals surface area contributed by atoms with Crippen LogP contribution in [0.4, 0.5) is 4.39 Å². The number of halogens is 1. The Balaban J connectivity index is 1.97. The van der Waals surface area contributed by atoms with Gasteiger partial charge in [-0.2, -0.15) is 0 Å². The third-order valence-corrected chi connectivity index (χ3v) is 4.67. The minimum absolute atomic E-state index is 0.114. The number of hydrogen-bond donors (Lipinski definition) is 1. The fourth-order valence-electron chi connectivity index (χ4n) is 2.71. The number of nitrogens with zero attached hydrogens (tertiary/aromatic N) is 1. The summed E-state index contributed by atoms with van der Waals surface area (Å²) < 4.78 is 13.6. The van der Waals surface area contributed by atoms with Crippen molar-refractivity contribution in [3.8, 4) is 0 Å². The second-order valence-electron chi connectivity index (χ2n) is 6.08. The normalized spacial score (nSPS) is 19.3. The molecule has 19 heavy (non-hydrogen) atoms. The highest BCUT2D eigenvalue weighted by Crippen LogP contribution is 2.35. The van der Waals surface area contributed by atoms with Crippen molar-refractivity contribution in [3.05, 3.63) is 35.1 Å². The summed E-state index contributed by atoms with van der Waals surface area (Å²) in [5, 5.41) is 3.56. The van der Waals surface area contributed by atoms with Gasteiger partial charge in [-0.1, -0.05) is 12.1 Å². The summed E-state index contributed by atoms with van der Waals surface area (Å²) in [5.41, 5.74) is 2.04. The lowest BCUT2D eigenvalue weighted by Crippen LogP contribution is -2.56. The summed E-state index contributed by atoms with van der Waals surface area (Å²) in [6, 6.07) is 5.70. The number of hydrogen-bond acceptors (Lipinski definition) is 2. The lowest BCUT2D eigenvalue weighted by atomic mass is 9.75. The van der Waals surface area contributed by atoms with E-state index in [0.717, 1.165) is 12.1 Å². The fourth-order valence-corrected chi connectivity index (χ4v) is 2.71. The molecular weight excluding hydrogens is 239 g/mol. The van der Waals surface area contributed by atoms with Crippen LogP contribution < -0.4 is 5.32 Å². The van der Waals surface area contributed by atoms with E-state index < -0.39 is 0 Å². The third-order valence-electron chi connectivity index (χ3n) is 4.67. The predicted octanol–water partition coefficient (Wildman–Crippen LogP) is 3.27. The Labute approximate surface area is 116 Å². The van der Waals surface area contributed by atoms with Gasteiger partial charge in [0.1, 0.15) is 5.82 Å². The zero-order valence-electron chi connectivity index (χ0n) is 12.5. The Hall–Kier alpha value is -0.930. The molecule has 0 bridgehead atoms. The molecule has 0 spiro atoms. The minimum atomic E-state index is -0.114. The number of rotatable bonds is 5. The molecule has 1 unspecified atom stereocenters. The average molecular weight is 264 g/mol. The minimum Gasteiger partial charge on any atom is -0.308 e. The van der Waals surface area contributed by atoms with Gasteiger partial charge < -0.3 is 10.2 Å². The monoisotopic (exact) mass is 264 g/mol. The standard InChI is InChI=1S/C16H25FN2/c1-12-6-7-14(10-15(12)17)13(2)18-11-16(19(3)4)8-5-9-16/h6-7,10,13,18H,5,8-9,11H2,1-4H3. The van der Waals surface area contributed by atoms with Gasteiger partial charge in [-0.15, -0.1) is 0 Å². The zero-order valence-corrected chi connectivity index (χ0v) is 12.5. The molecular formula is C16H25FN2. The van der Waals surface area contributed by atoms with Crippen LogP contribution in [0.15, 0.2) is 18.2 Å². The molecule has 1 aromatic carbocycles. The first-order valence-corrected chi connectivity index (χ1v) is 7.11. The third kappa shape index (κ3) is 2.98. The van der Waals surface area contributed by atoms with Crippen molar-refractivity contribution in [2.75, 3.05) is 20.6 Å². The quantitative estimate of drug-likeness (QED) is 0.878. The lowest BCUT2D eigenvalue weighted by Gasteiger charge is -2.48. The van der Waals surface area contributed by atoms with Gasteiger partial charge in [0.05, 0.1) is 0 Å². The molecule has 0 amide bonds. The van der Waals surface area contributed by atoms with E-state index in [-0.39, 0.29) is 11.9 Å². The molecule has 2 nitrogen and oxygen atoms in total. The maximum Gasteiger partial charge on any atom is 0.126 e. The lowest BCUT2D eigenvalue weighted by molar-refractivity contribution is 0.0576. The van der Waals surface area contributed by atoms with Crippen molar-refractivity contribution in [1.29, 1.82) is 0 Å². The summed E-state index contributed by atoms with van der Waals surface area (Å²) in [6.45, 7) is 4.87. The van der Waals surface area contributed by atoms with Crippen LogP contribution in [0.25, 0.3) is 0 Å². The van der Waals surface area contributed by atoms with Gasteiger partial charge in [-0.05, 0) is 64.4 Å². The first-order chi connectivity index (χ1) is 8.94. The van der Waals surface area contributed by atoms with Crippen LogP contribution in [-0.4, -0.2) is 31.1 Å². The molecule has 1 saturated carbocycles. The molecule has 106 valence electrons. The molecule has 0 heterocycles. The van der Waals surface area contributed by atoms with Gasteiger partial charge in [0.15, 0.2) is 0 Å². The molecule has 0 saturated heterocycles. The van der Waals surface area contributed by atoms with Gasteiger partial charge >= 0.3 is 0 Å². The molecule has 1 aromatic rings. The molecule has 0 radical (unpaired) electrons. The largest absolute Gasteiger partial charge is 0.308 e. The molecule has 0 aliphatic heterocycles. The molecule has 2 rings (SSSR count). The highest BCUT2D eigenvalue weighted by atomic mass is 19.1. The maximum atomic E-state index is 13.6. The highest BCUT2D eigenvalue weighted by Gasteiger charge is 2.38. The van der Waals surface area contributed by atoms with E-state index >= 15 is 0 Å². The first-order valence-electron chi connectivity index (χ1n) is 7.11. The van der Waals surface area contributed by atoms with E-state index in [0.29, 0.717) is 11.1 Å². The van der Waals surface area contributed by atoms with E-state index in [9.17, 15) is 4.39 Å². The zero-order chi connectivity index (χ0) is 14.0. The number of nitrogens with one attached hydrogen (secondary N) is 1. The van der Waals surface area contributed by atoms with Crippen LogP contribution in [-0.2, 0) is 0 Å². The van der Waals surface area contributed by atoms with E-state index in [1.165, 1.54) is 19.3 Å². The smallest absolute Gasteiger partial charge is 0.126 e. The number of aryl methyl sites for hydroxylation is 1. The van der Waals surface area contributed by atoms with Gasteiger partial charge in [-0.25, -0.2) is 4.39 Å². The predicted molar refractivity (Wildman–Crippen MR) is 77.8 cm³/mol. The summed E-state index contributed by atoms with van der Waals surface area (Å²) in [5.74, 6) is -0.114. The van der Waals surface area contributed by atoms with E-state index in [1.807, 2.05) is 12.1 Å². The SMILES string of the molecule is Cc1ccc(C(C)NCC2(N(C)C)CCC2)cc1F. The Morgan fingerprint density at radius 3 is 2.53 bits per heavy atom. The van der Waals surface area contributed by atoms with Crippen molar-refractivity contribution in [3.63, 3.8) is 0 Å². The van der Waals surface area contributed by atoms with E-state index in [2.05, 4.69) is 31.2 Å². The van der Waals surface area contributed by atoms with E-state index in [1.54, 1.807) is 13.0 Å². The van der Waals surface area contributed by atoms with Crippen molar-refractivity contribution < 1.29 is 4.39 Å². The Morgan fingerprint density at radius 2 is 2.05 bits per heavy atom. The van der Waals surface area contributed by atoms with Crippen LogP contribution in [0, 0.1) is 12.7 Å². The van der Waals surface area contributed by atoms with Gasteiger partial charge in [0.2, 0.25) is 0 Å². The molecule has 1 fully saturated rings. The van der Waals surface area contributed by atoms with Crippen LogP contribution in [0.2, 0.25) is 0 Å². The van der Waals surface area contributed by atoms with Gasteiger partial charge in [0.25, 0.3) is 0 Å². The molecule has 1 N–H and O–H groups in total. The topological polar surface area (TPSA) is 15.3 Å². The number of benzene rings is 1. The van der Waals surface area contributed by atoms with Crippen LogP contribution in [0.1, 0.15) is 43.4 Å². The Morgan fingerprint density at radius 1 is 1.37 bits per heavy atom. The van der Waals surface area contributed by atoms with Crippen molar-refractivity contribution >= 4 is 0 Å². The molecule has 1 aliphatic rings. The summed E-state index contributed by atoms with van der Waals surface area (Å²) >= 11 is 0. The summed E-state index contributed by atoms with van der Waals surface area (Å²) in [4.78, 5) is 2.33. The second kappa shape index (κ2) is 5.59. The molecule has 3 heteroatoms. The average Bonchev–Trinajstić information content (AvgIpc) is 2.30. The van der Waals surface area contributed by atoms with Crippen LogP contribution in [0.3, 0.4) is 0 Å². The summed E-state index contributed by atoms with van der Waals surface area (Å²) in [6.07, 6.45) is 3.82. The second-order valence-corrected chi connectivity index (χ2v) is 6.08. The van der Waals surface area contributed by atoms with Gasteiger partial charge in [0, 0.05) is 18.1 Å². The van der Waals surface area contributed by atoms with Crippen molar-refractivity contribution in [2.45, 2.75) is 44.7 Å². The maximum absolute atomic E-state index is 13.6. The number of likely N-dealkylation sites (N-methyl/N-ethyl adjacent to an activating group) is 1. The fraction of sp³-hybridized carbons (Fsp3) is 0.625. The van der Waals surface area contributed by atoms with Crippen LogP contribution in [0.5, 0.6) is 0 Å². The Bertz CT molecular complexity index is 438. The summed E-state index contributed by atoms with van der Waals surface area (Å²) in [7, 11) is 4.30. The van der Waals surface area contributed by atoms with Crippen molar-refractivity contribution in [1.82, 2.24) is 10.2 Å². The first kappa shape index (κ1) is 14.5. The Kier molecular flexibility index (Phi) is 4.26. The molecule has 1 aliphatic carbocycles. The highest BCUT2D eigenvalue weighted by molar-refractivity contribution is 5.25. The molecule has 0 aromatic heterocycles. The van der Waals surface area contributed by atoms with Crippen molar-refractivity contribution in [2.24, 2.45) is 0 Å². The van der Waals surface area contributed by atoms with E-state index in [4.69, 9.17) is 0 Å². The van der Waals surface area contributed by atoms with Gasteiger partial charge in [-0.3, -0.25) is 0 Å². The molecule has 1 atom stereocenters. The van der Waals surface area contributed by atoms with Crippen LogP contribution >= 0.6 is 0 Å².